The number of hydrogen-bond donors (Lipinski definition) is 2. The summed E-state index contributed by atoms with van der Waals surface area (Å²) in [6.07, 6.45) is 5.28. The Morgan fingerprint density at radius 2 is 2.10 bits per heavy atom. The zero-order valence-electron chi connectivity index (χ0n) is 18.6. The molecule has 1 saturated heterocycles. The number of benzene rings is 1. The number of guanidine groups is 1. The zero-order chi connectivity index (χ0) is 21.3. The Balaban J connectivity index is 1.63. The van der Waals surface area contributed by atoms with E-state index in [0.717, 1.165) is 44.3 Å². The summed E-state index contributed by atoms with van der Waals surface area (Å²) in [5, 5.41) is 8.03. The topological polar surface area (TPSA) is 61.8 Å². The molecule has 6 nitrogen and oxygen atoms in total. The van der Waals surface area contributed by atoms with Gasteiger partial charge in [0.1, 0.15) is 5.75 Å². The second kappa shape index (κ2) is 11.3. The van der Waals surface area contributed by atoms with Gasteiger partial charge in [-0.2, -0.15) is 0 Å². The molecular weight excluding hydrogens is 394 g/mol. The minimum absolute atomic E-state index is 0.384. The van der Waals surface area contributed by atoms with Gasteiger partial charge in [0.25, 0.3) is 0 Å². The van der Waals surface area contributed by atoms with Crippen molar-refractivity contribution in [3.05, 3.63) is 45.9 Å². The maximum Gasteiger partial charge on any atom is 0.191 e. The van der Waals surface area contributed by atoms with Crippen molar-refractivity contribution in [1.29, 1.82) is 0 Å². The third-order valence-electron chi connectivity index (χ3n) is 5.59. The molecule has 2 unspecified atom stereocenters. The van der Waals surface area contributed by atoms with Crippen LogP contribution >= 0.6 is 11.3 Å². The average molecular weight is 430 g/mol. The van der Waals surface area contributed by atoms with Crippen molar-refractivity contribution in [3.8, 4) is 5.75 Å². The Kier molecular flexibility index (Phi) is 8.51. The highest BCUT2D eigenvalue weighted by molar-refractivity contribution is 7.11. The molecule has 2 aromatic rings. The zero-order valence-corrected chi connectivity index (χ0v) is 19.5. The van der Waals surface area contributed by atoms with Crippen LogP contribution in [0.5, 0.6) is 5.75 Å². The first kappa shape index (κ1) is 22.6. The molecule has 0 saturated carbocycles. The third kappa shape index (κ3) is 6.19. The monoisotopic (exact) mass is 429 g/mol. The van der Waals surface area contributed by atoms with Crippen molar-refractivity contribution < 1.29 is 4.74 Å². The second-order valence-corrected chi connectivity index (χ2v) is 9.18. The lowest BCUT2D eigenvalue weighted by Gasteiger charge is -2.39. The maximum atomic E-state index is 5.33. The smallest absolute Gasteiger partial charge is 0.191 e. The molecule has 0 amide bonds. The van der Waals surface area contributed by atoms with Crippen molar-refractivity contribution in [2.45, 2.75) is 39.2 Å². The SMILES string of the molecule is CCNC(=NCC1CCCN(C)C1c1ccc(OC)cc1)NCCc1ncc(C)s1. The number of nitrogens with one attached hydrogen (secondary N) is 2. The number of aliphatic imine (C=N–C) groups is 1. The fourth-order valence-corrected chi connectivity index (χ4v) is 4.92. The van der Waals surface area contributed by atoms with E-state index in [2.05, 4.69) is 65.7 Å². The van der Waals surface area contributed by atoms with E-state index >= 15 is 0 Å². The van der Waals surface area contributed by atoms with Gasteiger partial charge in [-0.1, -0.05) is 12.1 Å². The fourth-order valence-electron chi connectivity index (χ4n) is 4.13. The summed E-state index contributed by atoms with van der Waals surface area (Å²) in [6, 6.07) is 8.89. The second-order valence-electron chi connectivity index (χ2n) is 7.86. The molecule has 1 aliphatic rings. The van der Waals surface area contributed by atoms with Crippen molar-refractivity contribution in [1.82, 2.24) is 20.5 Å². The number of thiazole rings is 1. The molecule has 2 heterocycles. The lowest BCUT2D eigenvalue weighted by atomic mass is 9.85. The molecule has 0 radical (unpaired) electrons. The van der Waals surface area contributed by atoms with Gasteiger partial charge in [-0.25, -0.2) is 4.98 Å². The predicted molar refractivity (Wildman–Crippen MR) is 126 cm³/mol. The van der Waals surface area contributed by atoms with Crippen molar-refractivity contribution in [3.63, 3.8) is 0 Å². The average Bonchev–Trinajstić information content (AvgIpc) is 3.17. The molecule has 1 aliphatic heterocycles. The molecule has 2 N–H and O–H groups in total. The van der Waals surface area contributed by atoms with Crippen LogP contribution in [0.2, 0.25) is 0 Å². The van der Waals surface area contributed by atoms with Crippen LogP contribution < -0.4 is 15.4 Å². The first-order valence-electron chi connectivity index (χ1n) is 10.9. The first-order valence-corrected chi connectivity index (χ1v) is 11.7. The highest BCUT2D eigenvalue weighted by atomic mass is 32.1. The summed E-state index contributed by atoms with van der Waals surface area (Å²) in [7, 11) is 3.94. The van der Waals surface area contributed by atoms with Gasteiger partial charge in [0.05, 0.1) is 12.1 Å². The summed E-state index contributed by atoms with van der Waals surface area (Å²) in [4.78, 5) is 13.1. The molecule has 0 aliphatic carbocycles. The van der Waals surface area contributed by atoms with Gasteiger partial charge in [-0.15, -0.1) is 11.3 Å². The van der Waals surface area contributed by atoms with E-state index in [1.807, 2.05) is 6.20 Å². The van der Waals surface area contributed by atoms with Crippen molar-refractivity contribution in [2.24, 2.45) is 10.9 Å². The summed E-state index contributed by atoms with van der Waals surface area (Å²) in [6.45, 7) is 7.84. The maximum absolute atomic E-state index is 5.33. The van der Waals surface area contributed by atoms with Crippen LogP contribution in [0.1, 0.15) is 41.3 Å². The first-order chi connectivity index (χ1) is 14.6. The van der Waals surface area contributed by atoms with E-state index in [0.29, 0.717) is 12.0 Å². The molecule has 0 spiro atoms. The number of piperidine rings is 1. The fraction of sp³-hybridized carbons (Fsp3) is 0.565. The van der Waals surface area contributed by atoms with Crippen molar-refractivity contribution >= 4 is 17.3 Å². The predicted octanol–water partition coefficient (Wildman–Crippen LogP) is 3.64. The quantitative estimate of drug-likeness (QED) is 0.496. The minimum Gasteiger partial charge on any atom is -0.497 e. The summed E-state index contributed by atoms with van der Waals surface area (Å²) >= 11 is 1.76. The largest absolute Gasteiger partial charge is 0.497 e. The summed E-state index contributed by atoms with van der Waals surface area (Å²) in [5.41, 5.74) is 1.34. The number of aromatic nitrogens is 1. The van der Waals surface area contributed by atoms with Gasteiger partial charge < -0.3 is 15.4 Å². The number of aryl methyl sites for hydroxylation is 1. The van der Waals surface area contributed by atoms with Crippen molar-refractivity contribution in [2.75, 3.05) is 40.3 Å². The number of ether oxygens (including phenoxy) is 1. The van der Waals surface area contributed by atoms with Gasteiger partial charge in [0.2, 0.25) is 0 Å². The van der Waals surface area contributed by atoms with Crippen LogP contribution in [-0.4, -0.2) is 56.2 Å². The lowest BCUT2D eigenvalue weighted by molar-refractivity contribution is 0.125. The van der Waals surface area contributed by atoms with Crippen LogP contribution in [0.3, 0.4) is 0 Å². The molecule has 0 bridgehead atoms. The van der Waals surface area contributed by atoms with E-state index in [4.69, 9.17) is 9.73 Å². The Morgan fingerprint density at radius 3 is 2.77 bits per heavy atom. The molecule has 7 heteroatoms. The number of methoxy groups -OCH3 is 1. The molecule has 1 aromatic heterocycles. The van der Waals surface area contributed by atoms with E-state index in [-0.39, 0.29) is 0 Å². The van der Waals surface area contributed by atoms with Crippen LogP contribution in [0.15, 0.2) is 35.5 Å². The molecule has 2 atom stereocenters. The Hall–Kier alpha value is -2.12. The van der Waals surface area contributed by atoms with Gasteiger partial charge >= 0.3 is 0 Å². The van der Waals surface area contributed by atoms with Crippen LogP contribution in [0, 0.1) is 12.8 Å². The highest BCUT2D eigenvalue weighted by Crippen LogP contribution is 2.35. The number of nitrogens with zero attached hydrogens (tertiary/aromatic N) is 3. The molecule has 1 aromatic carbocycles. The van der Waals surface area contributed by atoms with E-state index in [1.165, 1.54) is 28.3 Å². The Labute approximate surface area is 184 Å². The standard InChI is InChI=1S/C23H35N5OS/c1-5-24-23(25-13-12-21-26-15-17(2)30-21)27-16-19-7-6-14-28(3)22(19)18-8-10-20(29-4)11-9-18/h8-11,15,19,22H,5-7,12-14,16H2,1-4H3,(H2,24,25,27). The van der Waals surface area contributed by atoms with Gasteiger partial charge in [-0.3, -0.25) is 9.89 Å². The number of rotatable bonds is 8. The van der Waals surface area contributed by atoms with E-state index in [1.54, 1.807) is 18.4 Å². The number of likely N-dealkylation sites (tertiary alicyclic amines) is 1. The Bertz CT molecular complexity index is 804. The van der Waals surface area contributed by atoms with Crippen LogP contribution in [0.4, 0.5) is 0 Å². The minimum atomic E-state index is 0.384. The highest BCUT2D eigenvalue weighted by Gasteiger charge is 2.30. The molecular formula is C23H35N5OS. The van der Waals surface area contributed by atoms with Crippen LogP contribution in [-0.2, 0) is 6.42 Å². The molecule has 1 fully saturated rings. The Morgan fingerprint density at radius 1 is 1.30 bits per heavy atom. The van der Waals surface area contributed by atoms with Gasteiger partial charge in [0, 0.05) is 43.2 Å². The van der Waals surface area contributed by atoms with E-state index < -0.39 is 0 Å². The number of hydrogen-bond acceptors (Lipinski definition) is 5. The van der Waals surface area contributed by atoms with E-state index in [9.17, 15) is 0 Å². The van der Waals surface area contributed by atoms with Gasteiger partial charge in [-0.05, 0) is 63.9 Å². The third-order valence-corrected chi connectivity index (χ3v) is 6.57. The summed E-state index contributed by atoms with van der Waals surface area (Å²) in [5.74, 6) is 2.29. The molecule has 164 valence electrons. The van der Waals surface area contributed by atoms with Gasteiger partial charge in [0.15, 0.2) is 5.96 Å². The molecule has 30 heavy (non-hydrogen) atoms. The molecule has 3 rings (SSSR count). The lowest BCUT2D eigenvalue weighted by Crippen LogP contribution is -2.40. The normalized spacial score (nSPS) is 20.2. The van der Waals surface area contributed by atoms with Crippen LogP contribution in [0.25, 0.3) is 0 Å². The summed E-state index contributed by atoms with van der Waals surface area (Å²) < 4.78 is 5.33.